The zero-order valence-corrected chi connectivity index (χ0v) is 54.5. The van der Waals surface area contributed by atoms with Gasteiger partial charge in [-0.15, -0.1) is 30.6 Å². The summed E-state index contributed by atoms with van der Waals surface area (Å²) in [7, 11) is 6.19. The number of amidine groups is 2. The van der Waals surface area contributed by atoms with Crippen LogP contribution in [0.4, 0.5) is 28.8 Å². The Morgan fingerprint density at radius 1 is 0.529 bits per heavy atom. The van der Waals surface area contributed by atoms with Gasteiger partial charge in [0.05, 0.1) is 0 Å². The molecule has 0 bridgehead atoms. The number of carbonyl (C=O) groups excluding carboxylic acids is 6. The van der Waals surface area contributed by atoms with E-state index in [-0.39, 0.29) is 112 Å². The second-order valence-electron chi connectivity index (χ2n) is 19.0. The molecule has 0 unspecified atom stereocenters. The predicted octanol–water partition coefficient (Wildman–Crippen LogP) is 9.89. The van der Waals surface area contributed by atoms with Gasteiger partial charge in [-0.2, -0.15) is 24.1 Å². The van der Waals surface area contributed by atoms with Gasteiger partial charge in [0.2, 0.25) is 5.96 Å². The minimum atomic E-state index is -0.757. The largest absolute Gasteiger partial charge is 0.653 e. The zero-order chi connectivity index (χ0) is 52.4. The molecule has 0 aliphatic rings. The molecule has 0 atom stereocenters. The molecule has 0 rings (SSSR count). The maximum atomic E-state index is 12.0. The summed E-state index contributed by atoms with van der Waals surface area (Å²) in [6.45, 7) is 32.0. The van der Waals surface area contributed by atoms with Crippen molar-refractivity contribution in [2.24, 2.45) is 20.7 Å². The third-order valence-corrected chi connectivity index (χ3v) is 6.56. The van der Waals surface area contributed by atoms with Gasteiger partial charge in [0.15, 0.2) is 10.3 Å². The van der Waals surface area contributed by atoms with Crippen molar-refractivity contribution in [3.8, 4) is 0 Å². The van der Waals surface area contributed by atoms with E-state index in [1.54, 1.807) is 151 Å². The van der Waals surface area contributed by atoms with Gasteiger partial charge in [-0.3, -0.25) is 25.4 Å². The van der Waals surface area contributed by atoms with E-state index in [1.165, 1.54) is 19.0 Å². The van der Waals surface area contributed by atoms with Crippen LogP contribution in [-0.2, 0) is 93.8 Å². The summed E-state index contributed by atoms with van der Waals surface area (Å²) in [6.07, 6.45) is -0.690. The molecule has 4 N–H and O–H groups in total. The zero-order valence-electron chi connectivity index (χ0n) is 44.9. The third kappa shape index (κ3) is 53.9. The summed E-state index contributed by atoms with van der Waals surface area (Å²) in [4.78, 5) is 84.1. The molecule has 0 aromatic rings. The van der Waals surface area contributed by atoms with Crippen molar-refractivity contribution >= 4 is 100 Å². The molecule has 0 heterocycles. The average molecular weight is 1280 g/mol. The number of thioether (sulfide) groups is 2. The number of hydrogen-bond acceptors (Lipinski definition) is 16. The summed E-state index contributed by atoms with van der Waals surface area (Å²) >= 11 is 2.28. The molecule has 2 radical (unpaired) electrons. The van der Waals surface area contributed by atoms with Gasteiger partial charge in [0.1, 0.15) is 33.6 Å². The fraction of sp³-hybridized carbons (Fsp3) is 0.780. The number of nitrogens with two attached hydrogens (primary N) is 1. The van der Waals surface area contributed by atoms with Gasteiger partial charge < -0.3 is 44.8 Å². The number of rotatable bonds is 3. The average Bonchev–Trinajstić information content (AvgIpc) is 3.07. The molecule has 6 amide bonds. The number of carbonyl (C=O) groups is 6. The second-order valence-corrected chi connectivity index (χ2v) is 20.5. The van der Waals surface area contributed by atoms with Crippen LogP contribution in [0.2, 0.25) is 0 Å². The Hall–Kier alpha value is -1.45. The van der Waals surface area contributed by atoms with Gasteiger partial charge in [0.25, 0.3) is 0 Å². The van der Waals surface area contributed by atoms with E-state index < -0.39 is 70.2 Å². The molecule has 22 nitrogen and oxygen atoms in total. The van der Waals surface area contributed by atoms with Gasteiger partial charge in [-0.1, -0.05) is 23.5 Å². The monoisotopic (exact) mass is 1270 g/mol. The van der Waals surface area contributed by atoms with Crippen molar-refractivity contribution in [1.82, 2.24) is 20.4 Å². The van der Waals surface area contributed by atoms with E-state index >= 15 is 0 Å². The van der Waals surface area contributed by atoms with Gasteiger partial charge in [-0.25, -0.2) is 28.8 Å². The number of nitrogens with one attached hydrogen (secondary N) is 2. The summed E-state index contributed by atoms with van der Waals surface area (Å²) in [5.41, 5.74) is 1.07. The summed E-state index contributed by atoms with van der Waals surface area (Å²) in [5.74, 6) is 0.00843. The fourth-order valence-electron chi connectivity index (χ4n) is 3.09. The van der Waals surface area contributed by atoms with Crippen LogP contribution < -0.4 is 16.4 Å². The molecule has 0 aromatic carbocycles. The SMILES string of the molecule is CSC(=NC(=O)OC(C)(C)C)N(C)C(=O)OC(C)(C)C.CSC(=NC(=O)OC(C)(C)C)NC(=O)OC(C)(C)C.C[N-]CN.C[N-]CN=C(NC(=O)OC(C)(C)C)N(C)C(=O)OC(C)(C)C.I.[Y].[Y]. The van der Waals surface area contributed by atoms with Crippen LogP contribution in [0, 0.1) is 0 Å². The Kier molecular flexibility index (Phi) is 45.3. The van der Waals surface area contributed by atoms with Gasteiger partial charge >= 0.3 is 36.6 Å². The van der Waals surface area contributed by atoms with E-state index in [0.29, 0.717) is 6.67 Å². The Morgan fingerprint density at radius 2 is 0.853 bits per heavy atom. The van der Waals surface area contributed by atoms with E-state index in [4.69, 9.17) is 34.2 Å². The van der Waals surface area contributed by atoms with Crippen molar-refractivity contribution in [3.63, 3.8) is 0 Å². The van der Waals surface area contributed by atoms with Crippen molar-refractivity contribution in [3.05, 3.63) is 10.6 Å². The normalized spacial score (nSPS) is 11.9. The van der Waals surface area contributed by atoms with E-state index in [9.17, 15) is 28.8 Å². The Bertz CT molecular complexity index is 1600. The number of alkyl carbamates (subject to hydrolysis) is 2. The number of guanidine groups is 1. The molecule has 0 aliphatic heterocycles. The number of aliphatic imine (C=N–C) groups is 3. The van der Waals surface area contributed by atoms with Crippen molar-refractivity contribution in [2.45, 2.75) is 158 Å². The summed E-state index contributed by atoms with van der Waals surface area (Å²) in [5, 5.41) is 12.5. The number of ether oxygens (including phenoxy) is 6. The molecule has 0 saturated carbocycles. The Labute approximate surface area is 482 Å². The maximum absolute atomic E-state index is 12.0. The van der Waals surface area contributed by atoms with Crippen molar-refractivity contribution < 1.29 is 123 Å². The topological polar surface area (TPSA) is 280 Å². The molecule has 0 aliphatic carbocycles. The molecule has 0 spiro atoms. The maximum Gasteiger partial charge on any atom is 0.436 e. The van der Waals surface area contributed by atoms with Crippen LogP contribution in [0.3, 0.4) is 0 Å². The third-order valence-electron chi connectivity index (χ3n) is 5.25. The predicted molar refractivity (Wildman–Crippen MR) is 276 cm³/mol. The van der Waals surface area contributed by atoms with Crippen LogP contribution in [0.1, 0.15) is 125 Å². The van der Waals surface area contributed by atoms with Crippen LogP contribution >= 0.6 is 47.5 Å². The van der Waals surface area contributed by atoms with E-state index in [1.807, 2.05) is 0 Å². The van der Waals surface area contributed by atoms with Crippen LogP contribution in [0.15, 0.2) is 15.0 Å². The first-order chi connectivity index (χ1) is 29.0. The Morgan fingerprint density at radius 3 is 1.15 bits per heavy atom. The smallest absolute Gasteiger partial charge is 0.436 e. The quantitative estimate of drug-likeness (QED) is 0.103. The standard InChI is InChI=1S/C14H27N4O4.C13H24N2O4S.C12H22N2O4S.C2H7N2.HI.2Y/c1-13(2,3)21-11(19)17-10(16-9-15-7)18(8)12(20)22-14(4,5)6;1-12(2,3)18-10(16)14-9(20-8)15(7)11(17)19-13(4,5)6;1-11(2,3)17-9(15)13-8(19-7)14-10(16)18-12(4,5)6;1-4-2-3;;;/h9H2,1-8H3,(H,16,17,19);1-8H3;1-7H3,(H,13,14,15,16);2-3H2,1H3;1H;;/q-1;;;-1;;;. The van der Waals surface area contributed by atoms with E-state index in [0.717, 1.165) is 28.4 Å². The molecule has 0 saturated heterocycles. The fourth-order valence-corrected chi connectivity index (χ4v) is 3.96. The van der Waals surface area contributed by atoms with Crippen molar-refractivity contribution in [1.29, 1.82) is 0 Å². The first-order valence-electron chi connectivity index (χ1n) is 20.1. The minimum Gasteiger partial charge on any atom is -0.653 e. The number of nitrogens with zero attached hydrogens (tertiary/aromatic N) is 7. The molecule has 0 aromatic heterocycles. The summed E-state index contributed by atoms with van der Waals surface area (Å²) in [6, 6.07) is 0. The minimum absolute atomic E-state index is 0. The van der Waals surface area contributed by atoms with Crippen molar-refractivity contribution in [2.75, 3.05) is 54.0 Å². The number of halogens is 1. The van der Waals surface area contributed by atoms with Crippen LogP contribution in [-0.4, -0.2) is 150 Å². The summed E-state index contributed by atoms with van der Waals surface area (Å²) < 4.78 is 30.7. The molecule has 394 valence electrons. The van der Waals surface area contributed by atoms with Gasteiger partial charge in [0, 0.05) is 79.5 Å². The number of amides is 6. The number of hydrogen-bond donors (Lipinski definition) is 3. The van der Waals surface area contributed by atoms with Gasteiger partial charge in [-0.05, 0) is 144 Å². The first-order valence-corrected chi connectivity index (χ1v) is 22.5. The first kappa shape index (κ1) is 80.6. The van der Waals surface area contributed by atoms with Crippen LogP contribution in [0.25, 0.3) is 10.6 Å². The molecule has 0 fully saturated rings. The Balaban J connectivity index is -0.000000155. The van der Waals surface area contributed by atoms with E-state index in [2.05, 4.69) is 36.2 Å². The second kappa shape index (κ2) is 38.2. The molecule has 68 heavy (non-hydrogen) atoms. The molecule has 27 heteroatoms. The van der Waals surface area contributed by atoms with Crippen LogP contribution in [0.5, 0.6) is 0 Å². The molecular formula is C41H81IN10O12S2Y2-2. The molecular weight excluding hydrogens is 1190 g/mol.